The third-order valence-electron chi connectivity index (χ3n) is 2.42. The molecule has 1 rings (SSSR count). The van der Waals surface area contributed by atoms with Crippen molar-refractivity contribution in [2.45, 2.75) is 18.8 Å². The molecular weight excluding hydrogens is 266 g/mol. The summed E-state index contributed by atoms with van der Waals surface area (Å²) in [7, 11) is 0. The van der Waals surface area contributed by atoms with Crippen LogP contribution in [0.4, 0.5) is 4.39 Å². The number of amides is 1. The Morgan fingerprint density at radius 1 is 1.53 bits per heavy atom. The first kappa shape index (κ1) is 14.2. The number of hydrogen-bond acceptors (Lipinski definition) is 2. The molecule has 0 aliphatic heterocycles. The molecule has 0 fully saturated rings. The lowest BCUT2D eigenvalue weighted by Crippen LogP contribution is -2.35. The van der Waals surface area contributed by atoms with Crippen LogP contribution in [0, 0.1) is 5.82 Å². The molecule has 6 heteroatoms. The van der Waals surface area contributed by atoms with Gasteiger partial charge in [-0.2, -0.15) is 0 Å². The Kier molecular flexibility index (Phi) is 5.68. The molecule has 17 heavy (non-hydrogen) atoms. The first-order valence-corrected chi connectivity index (χ1v) is 6.02. The maximum absolute atomic E-state index is 12.9. The number of carbonyl (C=O) groups excluding carboxylic acids is 1. The fourth-order valence-corrected chi connectivity index (χ4v) is 2.05. The average molecular weight is 279 g/mol. The van der Waals surface area contributed by atoms with Crippen molar-refractivity contribution in [2.24, 2.45) is 5.84 Å². The standard InChI is InChI=1S/C11H13Cl2FN2O/c12-5-1-2-9(11(17)16-15)8-4-3-7(14)6-10(8)13/h3-4,6,9H,1-2,5,15H2,(H,16,17). The van der Waals surface area contributed by atoms with E-state index in [4.69, 9.17) is 29.0 Å². The van der Waals surface area contributed by atoms with Crippen LogP contribution in [0.5, 0.6) is 0 Å². The Bertz CT molecular complexity index is 401. The highest BCUT2D eigenvalue weighted by atomic mass is 35.5. The van der Waals surface area contributed by atoms with E-state index in [1.807, 2.05) is 0 Å². The molecule has 3 nitrogen and oxygen atoms in total. The molecule has 0 aliphatic rings. The number of carbonyl (C=O) groups is 1. The zero-order chi connectivity index (χ0) is 12.8. The van der Waals surface area contributed by atoms with Crippen LogP contribution in [0.2, 0.25) is 5.02 Å². The number of hydrazine groups is 1. The largest absolute Gasteiger partial charge is 0.294 e. The van der Waals surface area contributed by atoms with Gasteiger partial charge in [-0.3, -0.25) is 10.2 Å². The molecule has 0 aromatic heterocycles. The van der Waals surface area contributed by atoms with E-state index in [1.54, 1.807) is 0 Å². The molecule has 0 heterocycles. The second-order valence-electron chi connectivity index (χ2n) is 3.56. The zero-order valence-corrected chi connectivity index (χ0v) is 10.6. The monoisotopic (exact) mass is 278 g/mol. The van der Waals surface area contributed by atoms with E-state index in [1.165, 1.54) is 18.2 Å². The number of halogens is 3. The minimum atomic E-state index is -0.508. The van der Waals surface area contributed by atoms with E-state index >= 15 is 0 Å². The minimum Gasteiger partial charge on any atom is -0.294 e. The van der Waals surface area contributed by atoms with Crippen LogP contribution in [0.25, 0.3) is 0 Å². The SMILES string of the molecule is NNC(=O)C(CCCCl)c1ccc(F)cc1Cl. The fraction of sp³-hybridized carbons (Fsp3) is 0.364. The lowest BCUT2D eigenvalue weighted by Gasteiger charge is -2.16. The van der Waals surface area contributed by atoms with E-state index in [0.29, 0.717) is 24.3 Å². The van der Waals surface area contributed by atoms with Gasteiger partial charge in [0.05, 0.1) is 5.92 Å². The minimum absolute atomic E-state index is 0.216. The van der Waals surface area contributed by atoms with E-state index in [9.17, 15) is 9.18 Å². The van der Waals surface area contributed by atoms with Crippen LogP contribution in [-0.4, -0.2) is 11.8 Å². The molecule has 1 aromatic rings. The molecule has 1 aromatic carbocycles. The summed E-state index contributed by atoms with van der Waals surface area (Å²) in [4.78, 5) is 11.6. The number of hydrogen-bond donors (Lipinski definition) is 2. The van der Waals surface area contributed by atoms with Crippen LogP contribution >= 0.6 is 23.2 Å². The summed E-state index contributed by atoms with van der Waals surface area (Å²) < 4.78 is 12.9. The summed E-state index contributed by atoms with van der Waals surface area (Å²) in [5, 5.41) is 0.216. The zero-order valence-electron chi connectivity index (χ0n) is 9.05. The predicted octanol–water partition coefficient (Wildman–Crippen LogP) is 2.57. The molecule has 0 spiro atoms. The van der Waals surface area contributed by atoms with Gasteiger partial charge in [-0.15, -0.1) is 11.6 Å². The van der Waals surface area contributed by atoms with Crippen LogP contribution in [0.15, 0.2) is 18.2 Å². The third-order valence-corrected chi connectivity index (χ3v) is 3.02. The maximum atomic E-state index is 12.9. The Morgan fingerprint density at radius 2 is 2.24 bits per heavy atom. The quantitative estimate of drug-likeness (QED) is 0.377. The summed E-state index contributed by atoms with van der Waals surface area (Å²) in [5.41, 5.74) is 2.64. The third kappa shape index (κ3) is 3.84. The smallest absolute Gasteiger partial charge is 0.241 e. The normalized spacial score (nSPS) is 12.2. The van der Waals surface area contributed by atoms with Gasteiger partial charge in [-0.1, -0.05) is 17.7 Å². The van der Waals surface area contributed by atoms with Gasteiger partial charge in [0.15, 0.2) is 0 Å². The topological polar surface area (TPSA) is 55.1 Å². The first-order valence-electron chi connectivity index (χ1n) is 5.11. The van der Waals surface area contributed by atoms with Crippen molar-refractivity contribution >= 4 is 29.1 Å². The molecular formula is C11H13Cl2FN2O. The van der Waals surface area contributed by atoms with Gasteiger partial charge in [0, 0.05) is 10.9 Å². The summed E-state index contributed by atoms with van der Waals surface area (Å²) in [6.45, 7) is 0. The van der Waals surface area contributed by atoms with Gasteiger partial charge in [0.2, 0.25) is 5.91 Å². The number of nitrogens with two attached hydrogens (primary N) is 1. The van der Waals surface area contributed by atoms with Crippen molar-refractivity contribution < 1.29 is 9.18 Å². The van der Waals surface area contributed by atoms with Gasteiger partial charge in [-0.25, -0.2) is 10.2 Å². The summed E-state index contributed by atoms with van der Waals surface area (Å²) in [6.07, 6.45) is 1.16. The average Bonchev–Trinajstić information content (AvgIpc) is 2.31. The van der Waals surface area contributed by atoms with Crippen LogP contribution in [0.3, 0.4) is 0 Å². The number of rotatable bonds is 5. The molecule has 0 saturated carbocycles. The Morgan fingerprint density at radius 3 is 2.76 bits per heavy atom. The number of nitrogens with one attached hydrogen (secondary N) is 1. The van der Waals surface area contributed by atoms with Gasteiger partial charge >= 0.3 is 0 Å². The van der Waals surface area contributed by atoms with Crippen molar-refractivity contribution in [3.05, 3.63) is 34.6 Å². The van der Waals surface area contributed by atoms with Crippen molar-refractivity contribution in [1.82, 2.24) is 5.43 Å². The predicted molar refractivity (Wildman–Crippen MR) is 66.4 cm³/mol. The van der Waals surface area contributed by atoms with Crippen molar-refractivity contribution in [3.8, 4) is 0 Å². The van der Waals surface area contributed by atoms with Crippen molar-refractivity contribution in [2.75, 3.05) is 5.88 Å². The molecule has 0 aliphatic carbocycles. The highest BCUT2D eigenvalue weighted by Gasteiger charge is 2.22. The van der Waals surface area contributed by atoms with Crippen LogP contribution < -0.4 is 11.3 Å². The number of benzene rings is 1. The molecule has 1 atom stereocenters. The molecule has 1 amide bonds. The molecule has 0 radical (unpaired) electrons. The molecule has 1 unspecified atom stereocenters. The van der Waals surface area contributed by atoms with E-state index in [2.05, 4.69) is 5.43 Å². The van der Waals surface area contributed by atoms with Gasteiger partial charge in [0.25, 0.3) is 0 Å². The molecule has 0 saturated heterocycles. The molecule has 0 bridgehead atoms. The Labute approximate surface area is 109 Å². The summed E-state index contributed by atoms with van der Waals surface area (Å²) in [6, 6.07) is 3.93. The van der Waals surface area contributed by atoms with Gasteiger partial charge in [-0.05, 0) is 30.5 Å². The van der Waals surface area contributed by atoms with Crippen LogP contribution in [0.1, 0.15) is 24.3 Å². The van der Waals surface area contributed by atoms with Crippen LogP contribution in [-0.2, 0) is 4.79 Å². The Balaban J connectivity index is 2.99. The van der Waals surface area contributed by atoms with Gasteiger partial charge in [0.1, 0.15) is 5.82 Å². The maximum Gasteiger partial charge on any atom is 0.241 e. The summed E-state index contributed by atoms with van der Waals surface area (Å²) >= 11 is 11.5. The number of alkyl halides is 1. The molecule has 3 N–H and O–H groups in total. The lowest BCUT2D eigenvalue weighted by molar-refractivity contribution is -0.122. The van der Waals surface area contributed by atoms with E-state index in [-0.39, 0.29) is 10.9 Å². The second-order valence-corrected chi connectivity index (χ2v) is 4.34. The lowest BCUT2D eigenvalue weighted by atomic mass is 9.93. The van der Waals surface area contributed by atoms with Gasteiger partial charge < -0.3 is 0 Å². The second kappa shape index (κ2) is 6.79. The van der Waals surface area contributed by atoms with Crippen molar-refractivity contribution in [3.63, 3.8) is 0 Å². The fourth-order valence-electron chi connectivity index (χ4n) is 1.59. The highest BCUT2D eigenvalue weighted by molar-refractivity contribution is 6.31. The summed E-state index contributed by atoms with van der Waals surface area (Å²) in [5.74, 6) is 4.24. The highest BCUT2D eigenvalue weighted by Crippen LogP contribution is 2.29. The van der Waals surface area contributed by atoms with E-state index < -0.39 is 11.7 Å². The van der Waals surface area contributed by atoms with Crippen molar-refractivity contribution in [1.29, 1.82) is 0 Å². The Hall–Kier alpha value is -0.840. The van der Waals surface area contributed by atoms with E-state index in [0.717, 1.165) is 0 Å². The first-order chi connectivity index (χ1) is 8.10. The molecule has 94 valence electrons.